The summed E-state index contributed by atoms with van der Waals surface area (Å²) >= 11 is 1.19. The van der Waals surface area contributed by atoms with Gasteiger partial charge in [-0.25, -0.2) is 0 Å². The zero-order valence-corrected chi connectivity index (χ0v) is 17.0. The predicted molar refractivity (Wildman–Crippen MR) is 111 cm³/mol. The van der Waals surface area contributed by atoms with Crippen molar-refractivity contribution in [2.24, 2.45) is 0 Å². The van der Waals surface area contributed by atoms with E-state index in [-0.39, 0.29) is 16.8 Å². The molecule has 6 heteroatoms. The Labute approximate surface area is 162 Å². The Hall–Kier alpha value is -2.60. The summed E-state index contributed by atoms with van der Waals surface area (Å²) in [6.45, 7) is 9.67. The van der Waals surface area contributed by atoms with Gasteiger partial charge in [0.2, 0.25) is 0 Å². The number of nitrogens with one attached hydrogen (secondary N) is 1. The van der Waals surface area contributed by atoms with Gasteiger partial charge < -0.3 is 10.1 Å². The van der Waals surface area contributed by atoms with Gasteiger partial charge in [-0.05, 0) is 76.1 Å². The molecule has 1 amide bonds. The Morgan fingerprint density at radius 1 is 1.07 bits per heavy atom. The second-order valence-corrected chi connectivity index (χ2v) is 8.08. The Kier molecular flexibility index (Phi) is 5.37. The lowest BCUT2D eigenvalue weighted by atomic mass is 10.1. The first-order valence-electron chi connectivity index (χ1n) is 8.95. The number of aromatic nitrogens is 1. The first kappa shape index (κ1) is 19.2. The quantitative estimate of drug-likeness (QED) is 0.695. The number of anilines is 1. The Morgan fingerprint density at radius 3 is 2.37 bits per heavy atom. The van der Waals surface area contributed by atoms with Crippen molar-refractivity contribution >= 4 is 33.1 Å². The third kappa shape index (κ3) is 4.22. The predicted octanol–water partition coefficient (Wildman–Crippen LogP) is 4.67. The maximum absolute atomic E-state index is 12.5. The van der Waals surface area contributed by atoms with E-state index in [1.165, 1.54) is 11.3 Å². The molecule has 1 atom stereocenters. The monoisotopic (exact) mass is 384 g/mol. The molecule has 0 saturated heterocycles. The summed E-state index contributed by atoms with van der Waals surface area (Å²) in [5.74, 6) is 0.446. The first-order valence-corrected chi connectivity index (χ1v) is 9.77. The normalized spacial score (nSPS) is 12.4. The number of hydrogen-bond acceptors (Lipinski definition) is 4. The number of nitrogens with zero attached hydrogens (tertiary/aromatic N) is 1. The standard InChI is InChI=1S/C21H24N2O3S/c1-12(2)23-18-7-6-16(11-19(18)27-21(23)25)22-20(24)15(5)26-17-9-13(3)8-14(4)10-17/h6-12,15H,1-5H3,(H,22,24)/t15-/m0/s1. The number of ether oxygens (including phenoxy) is 1. The van der Waals surface area contributed by atoms with E-state index >= 15 is 0 Å². The van der Waals surface area contributed by atoms with E-state index < -0.39 is 6.10 Å². The van der Waals surface area contributed by atoms with E-state index in [1.807, 2.05) is 58.0 Å². The second kappa shape index (κ2) is 7.56. The SMILES string of the molecule is Cc1cc(C)cc(O[C@@H](C)C(=O)Nc2ccc3c(c2)sc(=O)n3C(C)C)c1. The molecular formula is C21H24N2O3S. The Balaban J connectivity index is 1.76. The zero-order chi connectivity index (χ0) is 19.7. The molecule has 5 nitrogen and oxygen atoms in total. The summed E-state index contributed by atoms with van der Waals surface area (Å²) in [5, 5.41) is 2.87. The van der Waals surface area contributed by atoms with Crippen LogP contribution in [-0.2, 0) is 4.79 Å². The summed E-state index contributed by atoms with van der Waals surface area (Å²) in [4.78, 5) is 24.7. The van der Waals surface area contributed by atoms with Crippen molar-refractivity contribution < 1.29 is 9.53 Å². The first-order chi connectivity index (χ1) is 12.7. The van der Waals surface area contributed by atoms with Crippen LogP contribution in [0, 0.1) is 13.8 Å². The van der Waals surface area contributed by atoms with E-state index in [2.05, 4.69) is 11.4 Å². The third-order valence-corrected chi connectivity index (χ3v) is 5.19. The number of fused-ring (bicyclic) bond motifs is 1. The van der Waals surface area contributed by atoms with Crippen molar-refractivity contribution in [1.82, 2.24) is 4.57 Å². The fraction of sp³-hybridized carbons (Fsp3) is 0.333. The molecule has 0 unspecified atom stereocenters. The van der Waals surface area contributed by atoms with Crippen molar-refractivity contribution in [3.63, 3.8) is 0 Å². The highest BCUT2D eigenvalue weighted by Gasteiger charge is 2.16. The van der Waals surface area contributed by atoms with E-state index in [1.54, 1.807) is 11.5 Å². The summed E-state index contributed by atoms with van der Waals surface area (Å²) < 4.78 is 8.41. The summed E-state index contributed by atoms with van der Waals surface area (Å²) in [5.41, 5.74) is 3.72. The van der Waals surface area contributed by atoms with Gasteiger partial charge in [-0.2, -0.15) is 0 Å². The van der Waals surface area contributed by atoms with Crippen LogP contribution in [0.2, 0.25) is 0 Å². The minimum absolute atomic E-state index is 0.00925. The minimum atomic E-state index is -0.638. The third-order valence-electron chi connectivity index (χ3n) is 4.27. The molecule has 0 aliphatic heterocycles. The average molecular weight is 385 g/mol. The summed E-state index contributed by atoms with van der Waals surface area (Å²) in [7, 11) is 0. The molecule has 3 rings (SSSR count). The largest absolute Gasteiger partial charge is 0.481 e. The molecular weight excluding hydrogens is 360 g/mol. The average Bonchev–Trinajstić information content (AvgIpc) is 2.88. The highest BCUT2D eigenvalue weighted by atomic mass is 32.1. The van der Waals surface area contributed by atoms with Crippen molar-refractivity contribution in [1.29, 1.82) is 0 Å². The molecule has 142 valence electrons. The Morgan fingerprint density at radius 2 is 1.74 bits per heavy atom. The number of amides is 1. The molecule has 0 bridgehead atoms. The van der Waals surface area contributed by atoms with E-state index in [0.29, 0.717) is 11.4 Å². The van der Waals surface area contributed by atoms with Gasteiger partial charge in [0.05, 0.1) is 10.2 Å². The van der Waals surface area contributed by atoms with Crippen LogP contribution in [0.15, 0.2) is 41.2 Å². The van der Waals surface area contributed by atoms with Gasteiger partial charge in [0, 0.05) is 11.7 Å². The lowest BCUT2D eigenvalue weighted by Gasteiger charge is -2.16. The molecule has 0 saturated carbocycles. The maximum Gasteiger partial charge on any atom is 0.308 e. The summed E-state index contributed by atoms with van der Waals surface area (Å²) in [6, 6.07) is 11.5. The zero-order valence-electron chi connectivity index (χ0n) is 16.2. The van der Waals surface area contributed by atoms with Crippen LogP contribution in [-0.4, -0.2) is 16.6 Å². The van der Waals surface area contributed by atoms with Gasteiger partial charge >= 0.3 is 4.87 Å². The minimum Gasteiger partial charge on any atom is -0.481 e. The molecule has 1 N–H and O–H groups in total. The maximum atomic E-state index is 12.5. The lowest BCUT2D eigenvalue weighted by Crippen LogP contribution is -2.30. The fourth-order valence-corrected chi connectivity index (χ4v) is 4.16. The summed E-state index contributed by atoms with van der Waals surface area (Å²) in [6.07, 6.45) is -0.638. The van der Waals surface area contributed by atoms with Crippen LogP contribution in [0.1, 0.15) is 37.9 Å². The molecule has 0 radical (unpaired) electrons. The van der Waals surface area contributed by atoms with Crippen LogP contribution in [0.5, 0.6) is 5.75 Å². The van der Waals surface area contributed by atoms with Crippen molar-refractivity contribution in [3.8, 4) is 5.75 Å². The number of rotatable bonds is 5. The van der Waals surface area contributed by atoms with Crippen LogP contribution in [0.4, 0.5) is 5.69 Å². The van der Waals surface area contributed by atoms with Crippen molar-refractivity contribution in [2.45, 2.75) is 46.8 Å². The number of carbonyl (C=O) groups is 1. The fourth-order valence-electron chi connectivity index (χ4n) is 3.11. The number of aryl methyl sites for hydroxylation is 2. The van der Waals surface area contributed by atoms with E-state index in [0.717, 1.165) is 21.3 Å². The van der Waals surface area contributed by atoms with Gasteiger partial charge in [0.1, 0.15) is 5.75 Å². The number of carbonyl (C=O) groups excluding carboxylic acids is 1. The van der Waals surface area contributed by atoms with Crippen molar-refractivity contribution in [2.75, 3.05) is 5.32 Å². The van der Waals surface area contributed by atoms with Gasteiger partial charge in [-0.15, -0.1) is 0 Å². The second-order valence-electron chi connectivity index (χ2n) is 7.09. The van der Waals surface area contributed by atoms with Crippen LogP contribution >= 0.6 is 11.3 Å². The van der Waals surface area contributed by atoms with Gasteiger partial charge in [0.25, 0.3) is 5.91 Å². The lowest BCUT2D eigenvalue weighted by molar-refractivity contribution is -0.122. The van der Waals surface area contributed by atoms with Crippen LogP contribution in [0.3, 0.4) is 0 Å². The molecule has 0 aliphatic rings. The van der Waals surface area contributed by atoms with Crippen LogP contribution in [0.25, 0.3) is 10.2 Å². The van der Waals surface area contributed by atoms with Gasteiger partial charge in [-0.1, -0.05) is 17.4 Å². The Bertz CT molecular complexity index is 1030. The van der Waals surface area contributed by atoms with Crippen molar-refractivity contribution in [3.05, 3.63) is 57.2 Å². The van der Waals surface area contributed by atoms with Gasteiger partial charge in [0.15, 0.2) is 6.10 Å². The highest BCUT2D eigenvalue weighted by Crippen LogP contribution is 2.24. The number of benzene rings is 2. The van der Waals surface area contributed by atoms with E-state index in [4.69, 9.17) is 4.74 Å². The molecule has 3 aromatic rings. The molecule has 0 fully saturated rings. The number of hydrogen-bond donors (Lipinski definition) is 1. The molecule has 0 aliphatic carbocycles. The molecule has 0 spiro atoms. The van der Waals surface area contributed by atoms with E-state index in [9.17, 15) is 9.59 Å². The molecule has 27 heavy (non-hydrogen) atoms. The van der Waals surface area contributed by atoms with Gasteiger partial charge in [-0.3, -0.25) is 14.2 Å². The van der Waals surface area contributed by atoms with Crippen LogP contribution < -0.4 is 14.9 Å². The molecule has 1 aromatic heterocycles. The number of thiazole rings is 1. The topological polar surface area (TPSA) is 60.3 Å². The smallest absolute Gasteiger partial charge is 0.308 e. The molecule has 1 heterocycles. The highest BCUT2D eigenvalue weighted by molar-refractivity contribution is 7.16. The molecule has 2 aromatic carbocycles.